The molecule has 0 heterocycles. The number of nitrogens with two attached hydrogens (primary N) is 1. The van der Waals surface area contributed by atoms with E-state index in [9.17, 15) is 8.78 Å². The summed E-state index contributed by atoms with van der Waals surface area (Å²) < 4.78 is 24.6. The molecule has 0 aliphatic carbocycles. The van der Waals surface area contributed by atoms with Gasteiger partial charge in [0.25, 0.3) is 6.43 Å². The van der Waals surface area contributed by atoms with Crippen LogP contribution in [0.15, 0.2) is 12.1 Å². The molecular formula is C8H7Cl4F2N. The lowest BCUT2D eigenvalue weighted by Crippen LogP contribution is -2.19. The standard InChI is InChI=1S/C8H6Cl3F2N.ClH/c9-3-1-4(7(14)8(12)13)6(11)5(10)2-3;/h1-2,7-8H,14H2;1H/t7-;/m0./s1. The summed E-state index contributed by atoms with van der Waals surface area (Å²) in [5.41, 5.74) is 5.28. The van der Waals surface area contributed by atoms with Crippen LogP contribution in [0.1, 0.15) is 11.6 Å². The van der Waals surface area contributed by atoms with Crippen molar-refractivity contribution in [3.8, 4) is 0 Å². The van der Waals surface area contributed by atoms with Crippen molar-refractivity contribution in [1.29, 1.82) is 0 Å². The van der Waals surface area contributed by atoms with Gasteiger partial charge in [0.1, 0.15) is 0 Å². The summed E-state index contributed by atoms with van der Waals surface area (Å²) in [6, 6.07) is 1.18. The third-order valence-corrected chi connectivity index (χ3v) is 2.69. The van der Waals surface area contributed by atoms with Crippen molar-refractivity contribution in [2.75, 3.05) is 0 Å². The topological polar surface area (TPSA) is 26.0 Å². The molecule has 86 valence electrons. The molecule has 0 aliphatic rings. The van der Waals surface area contributed by atoms with Crippen molar-refractivity contribution >= 4 is 47.2 Å². The molecule has 7 heteroatoms. The van der Waals surface area contributed by atoms with Gasteiger partial charge >= 0.3 is 0 Å². The highest BCUT2D eigenvalue weighted by Crippen LogP contribution is 2.34. The minimum absolute atomic E-state index is 0. The van der Waals surface area contributed by atoms with Gasteiger partial charge in [0, 0.05) is 5.02 Å². The maximum Gasteiger partial charge on any atom is 0.257 e. The second-order valence-electron chi connectivity index (χ2n) is 2.65. The van der Waals surface area contributed by atoms with E-state index in [1.165, 1.54) is 12.1 Å². The largest absolute Gasteiger partial charge is 0.319 e. The van der Waals surface area contributed by atoms with E-state index in [0.29, 0.717) is 0 Å². The fourth-order valence-corrected chi connectivity index (χ4v) is 1.70. The molecular weight excluding hydrogens is 290 g/mol. The van der Waals surface area contributed by atoms with Crippen LogP contribution in [0.5, 0.6) is 0 Å². The van der Waals surface area contributed by atoms with E-state index in [-0.39, 0.29) is 33.0 Å². The molecule has 0 saturated carbocycles. The van der Waals surface area contributed by atoms with Crippen LogP contribution >= 0.6 is 47.2 Å². The fourth-order valence-electron chi connectivity index (χ4n) is 0.954. The Morgan fingerprint density at radius 2 is 1.67 bits per heavy atom. The molecule has 0 spiro atoms. The molecule has 0 fully saturated rings. The van der Waals surface area contributed by atoms with Crippen LogP contribution in [0, 0.1) is 0 Å². The smallest absolute Gasteiger partial charge is 0.257 e. The van der Waals surface area contributed by atoms with E-state index in [1.807, 2.05) is 0 Å². The SMILES string of the molecule is Cl.N[C@@H](c1cc(Cl)cc(Cl)c1Cl)C(F)F. The lowest BCUT2D eigenvalue weighted by Gasteiger charge is -2.13. The van der Waals surface area contributed by atoms with Crippen LogP contribution in [-0.2, 0) is 0 Å². The normalized spacial score (nSPS) is 12.5. The van der Waals surface area contributed by atoms with E-state index < -0.39 is 12.5 Å². The molecule has 0 aliphatic heterocycles. The van der Waals surface area contributed by atoms with Gasteiger partial charge in [-0.05, 0) is 17.7 Å². The summed E-state index contributed by atoms with van der Waals surface area (Å²) in [5.74, 6) is 0. The number of benzene rings is 1. The first kappa shape index (κ1) is 15.2. The van der Waals surface area contributed by atoms with Gasteiger partial charge in [0.05, 0.1) is 16.1 Å². The van der Waals surface area contributed by atoms with Gasteiger partial charge in [-0.3, -0.25) is 0 Å². The molecule has 0 saturated heterocycles. The molecule has 1 rings (SSSR count). The molecule has 0 aromatic heterocycles. The minimum Gasteiger partial charge on any atom is -0.319 e. The summed E-state index contributed by atoms with van der Waals surface area (Å²) in [6.07, 6.45) is -2.71. The quantitative estimate of drug-likeness (QED) is 0.808. The first-order valence-corrected chi connectivity index (χ1v) is 4.75. The van der Waals surface area contributed by atoms with Crippen LogP contribution in [0.4, 0.5) is 8.78 Å². The highest BCUT2D eigenvalue weighted by atomic mass is 35.5. The Morgan fingerprint density at radius 3 is 2.13 bits per heavy atom. The zero-order chi connectivity index (χ0) is 10.9. The fraction of sp³-hybridized carbons (Fsp3) is 0.250. The van der Waals surface area contributed by atoms with Gasteiger partial charge < -0.3 is 5.73 Å². The Bertz CT molecular complexity index is 346. The van der Waals surface area contributed by atoms with Gasteiger partial charge in [0.15, 0.2) is 0 Å². The second kappa shape index (κ2) is 6.06. The molecule has 1 nitrogen and oxygen atoms in total. The van der Waals surface area contributed by atoms with Crippen LogP contribution in [0.25, 0.3) is 0 Å². The Balaban J connectivity index is 0.00000196. The minimum atomic E-state index is -2.71. The average Bonchev–Trinajstić information content (AvgIpc) is 2.09. The van der Waals surface area contributed by atoms with Crippen molar-refractivity contribution in [2.45, 2.75) is 12.5 Å². The summed E-state index contributed by atoms with van der Waals surface area (Å²) >= 11 is 17.0. The Labute approximate surface area is 107 Å². The number of hydrogen-bond acceptors (Lipinski definition) is 1. The number of alkyl halides is 2. The maximum atomic E-state index is 12.3. The van der Waals surface area contributed by atoms with Crippen LogP contribution in [0.2, 0.25) is 15.1 Å². The van der Waals surface area contributed by atoms with Crippen molar-refractivity contribution in [3.05, 3.63) is 32.8 Å². The van der Waals surface area contributed by atoms with Gasteiger partial charge in [-0.2, -0.15) is 0 Å². The zero-order valence-corrected chi connectivity index (χ0v) is 10.3. The Kier molecular flexibility index (Phi) is 6.14. The first-order valence-electron chi connectivity index (χ1n) is 3.61. The van der Waals surface area contributed by atoms with Gasteiger partial charge in [-0.25, -0.2) is 8.78 Å². The molecule has 1 aromatic rings. The molecule has 0 unspecified atom stereocenters. The molecule has 1 aromatic carbocycles. The lowest BCUT2D eigenvalue weighted by molar-refractivity contribution is 0.116. The predicted molar refractivity (Wildman–Crippen MR) is 61.7 cm³/mol. The number of hydrogen-bond donors (Lipinski definition) is 1. The molecule has 0 amide bonds. The summed E-state index contributed by atoms with van der Waals surface area (Å²) in [4.78, 5) is 0. The molecule has 1 atom stereocenters. The summed E-state index contributed by atoms with van der Waals surface area (Å²) in [6.45, 7) is 0. The second-order valence-corrected chi connectivity index (χ2v) is 3.87. The van der Waals surface area contributed by atoms with Crippen molar-refractivity contribution in [3.63, 3.8) is 0 Å². The van der Waals surface area contributed by atoms with Crippen LogP contribution in [-0.4, -0.2) is 6.43 Å². The third kappa shape index (κ3) is 3.61. The van der Waals surface area contributed by atoms with E-state index in [0.717, 1.165) is 0 Å². The first-order chi connectivity index (χ1) is 6.43. The van der Waals surface area contributed by atoms with Crippen molar-refractivity contribution in [1.82, 2.24) is 0 Å². The monoisotopic (exact) mass is 295 g/mol. The maximum absolute atomic E-state index is 12.3. The van der Waals surface area contributed by atoms with E-state index in [1.54, 1.807) is 0 Å². The van der Waals surface area contributed by atoms with E-state index >= 15 is 0 Å². The molecule has 15 heavy (non-hydrogen) atoms. The zero-order valence-electron chi connectivity index (χ0n) is 7.18. The molecule has 0 bridgehead atoms. The summed E-state index contributed by atoms with van der Waals surface area (Å²) in [7, 11) is 0. The van der Waals surface area contributed by atoms with Gasteiger partial charge in [-0.1, -0.05) is 34.8 Å². The Hall–Kier alpha value is 0.200. The summed E-state index contributed by atoms with van der Waals surface area (Å²) in [5, 5.41) is 0.361. The van der Waals surface area contributed by atoms with E-state index in [4.69, 9.17) is 40.5 Å². The highest BCUT2D eigenvalue weighted by Gasteiger charge is 2.21. The molecule has 2 N–H and O–H groups in total. The number of halogens is 6. The van der Waals surface area contributed by atoms with Crippen molar-refractivity contribution < 1.29 is 8.78 Å². The third-order valence-electron chi connectivity index (χ3n) is 1.65. The predicted octanol–water partition coefficient (Wildman–Crippen LogP) is 4.33. The number of rotatable bonds is 2. The average molecular weight is 297 g/mol. The van der Waals surface area contributed by atoms with Crippen LogP contribution < -0.4 is 5.73 Å². The van der Waals surface area contributed by atoms with Gasteiger partial charge in [-0.15, -0.1) is 12.4 Å². The Morgan fingerprint density at radius 1 is 1.13 bits per heavy atom. The molecule has 0 radical (unpaired) electrons. The van der Waals surface area contributed by atoms with Crippen LogP contribution in [0.3, 0.4) is 0 Å². The lowest BCUT2D eigenvalue weighted by atomic mass is 10.1. The van der Waals surface area contributed by atoms with Crippen molar-refractivity contribution in [2.24, 2.45) is 5.73 Å². The van der Waals surface area contributed by atoms with E-state index in [2.05, 4.69) is 0 Å². The highest BCUT2D eigenvalue weighted by molar-refractivity contribution is 6.43. The van der Waals surface area contributed by atoms with Gasteiger partial charge in [0.2, 0.25) is 0 Å².